The van der Waals surface area contributed by atoms with Crippen molar-refractivity contribution >= 4 is 23.3 Å². The van der Waals surface area contributed by atoms with Crippen LogP contribution in [0.5, 0.6) is 5.75 Å². The lowest BCUT2D eigenvalue weighted by Gasteiger charge is -2.37. The quantitative estimate of drug-likeness (QED) is 0.475. The number of hydrogen-bond acceptors (Lipinski definition) is 4. The monoisotopic (exact) mass is 351 g/mol. The number of benzene rings is 1. The van der Waals surface area contributed by atoms with Gasteiger partial charge in [0.25, 0.3) is 0 Å². The molecule has 0 unspecified atom stereocenters. The molecule has 1 heterocycles. The predicted octanol–water partition coefficient (Wildman–Crippen LogP) is 2.85. The Hall–Kier alpha value is -2.43. The van der Waals surface area contributed by atoms with Gasteiger partial charge >= 0.3 is 0 Å². The van der Waals surface area contributed by atoms with Crippen LogP contribution in [0.3, 0.4) is 0 Å². The number of ketones is 1. The number of nitrogens with zero attached hydrogens (tertiary/aromatic N) is 1. The molecule has 2 saturated carbocycles. The first kappa shape index (κ1) is 15.8. The second-order valence-corrected chi connectivity index (χ2v) is 7.84. The highest BCUT2D eigenvalue weighted by atomic mass is 16.5. The van der Waals surface area contributed by atoms with E-state index in [2.05, 4.69) is 12.2 Å². The maximum absolute atomic E-state index is 13.3. The summed E-state index contributed by atoms with van der Waals surface area (Å²) in [5, 5.41) is 0. The van der Waals surface area contributed by atoms with Gasteiger partial charge in [0.1, 0.15) is 5.75 Å². The van der Waals surface area contributed by atoms with Crippen LogP contribution in [-0.4, -0.2) is 24.2 Å². The highest BCUT2D eigenvalue weighted by Crippen LogP contribution is 2.65. The van der Waals surface area contributed by atoms with Crippen molar-refractivity contribution < 1.29 is 19.1 Å². The van der Waals surface area contributed by atoms with Gasteiger partial charge in [0.15, 0.2) is 5.78 Å². The fourth-order valence-electron chi connectivity index (χ4n) is 5.38. The Bertz CT molecular complexity index is 837. The Morgan fingerprint density at radius 2 is 1.73 bits per heavy atom. The van der Waals surface area contributed by atoms with Gasteiger partial charge in [-0.25, -0.2) is 4.90 Å². The number of ether oxygens (including phenoxy) is 1. The first-order chi connectivity index (χ1) is 12.5. The van der Waals surface area contributed by atoms with Crippen molar-refractivity contribution in [2.75, 3.05) is 11.5 Å². The van der Waals surface area contributed by atoms with Gasteiger partial charge in [-0.15, -0.1) is 0 Å². The van der Waals surface area contributed by atoms with Crippen molar-refractivity contribution in [3.05, 3.63) is 35.9 Å². The van der Waals surface area contributed by atoms with Crippen molar-refractivity contribution in [2.45, 2.75) is 20.3 Å². The molecule has 1 saturated heterocycles. The highest BCUT2D eigenvalue weighted by molar-refractivity contribution is 6.23. The van der Waals surface area contributed by atoms with E-state index in [4.69, 9.17) is 4.74 Å². The SMILES string of the molecule is CCOc1ccc(C(C)=O)cc1N1C(=O)[C@H]2[C@@H]3C=C[C@@H]([C@H]4C[C@H]34)[C@@H]2C1=O. The fraction of sp³-hybridized carbons (Fsp3) is 0.476. The van der Waals surface area contributed by atoms with Crippen LogP contribution in [0, 0.1) is 35.5 Å². The van der Waals surface area contributed by atoms with Crippen LogP contribution in [-0.2, 0) is 9.59 Å². The summed E-state index contributed by atoms with van der Waals surface area (Å²) in [6.07, 6.45) is 5.45. The molecule has 5 heteroatoms. The molecule has 1 aromatic carbocycles. The maximum atomic E-state index is 13.3. The number of hydrogen-bond donors (Lipinski definition) is 0. The molecule has 6 atom stereocenters. The molecular formula is C21H21NO4. The van der Waals surface area contributed by atoms with Crippen LogP contribution >= 0.6 is 0 Å². The minimum Gasteiger partial charge on any atom is -0.492 e. The van der Waals surface area contributed by atoms with E-state index in [1.165, 1.54) is 11.8 Å². The van der Waals surface area contributed by atoms with Gasteiger partial charge in [-0.1, -0.05) is 12.2 Å². The number of rotatable bonds is 4. The number of allylic oxidation sites excluding steroid dienone is 2. The first-order valence-electron chi connectivity index (χ1n) is 9.36. The summed E-state index contributed by atoms with van der Waals surface area (Å²) >= 11 is 0. The first-order valence-corrected chi connectivity index (χ1v) is 9.36. The Labute approximate surface area is 152 Å². The van der Waals surface area contributed by atoms with Gasteiger partial charge in [-0.2, -0.15) is 0 Å². The number of carbonyl (C=O) groups excluding carboxylic acids is 3. The molecule has 1 aliphatic heterocycles. The number of anilines is 1. The standard InChI is InChI=1S/C21H21NO4/c1-3-26-17-7-4-11(10(2)23)8-16(17)22-20(24)18-12-5-6-13(15-9-14(12)15)19(18)21(22)25/h4-8,12-15,18-19H,3,9H2,1-2H3/t12-,13+,14-,15-,18+,19+/m1/s1. The normalized spacial score (nSPS) is 36.2. The van der Waals surface area contributed by atoms with E-state index < -0.39 is 0 Å². The molecule has 2 bridgehead atoms. The van der Waals surface area contributed by atoms with E-state index in [0.717, 1.165) is 6.42 Å². The second kappa shape index (κ2) is 5.29. The summed E-state index contributed by atoms with van der Waals surface area (Å²) in [6.45, 7) is 3.75. The molecule has 4 aliphatic carbocycles. The Morgan fingerprint density at radius 1 is 1.12 bits per heavy atom. The summed E-state index contributed by atoms with van der Waals surface area (Å²) in [7, 11) is 0. The zero-order chi connectivity index (χ0) is 18.2. The molecule has 0 aromatic heterocycles. The van der Waals surface area contributed by atoms with E-state index in [1.807, 2.05) is 6.92 Å². The smallest absolute Gasteiger partial charge is 0.238 e. The third kappa shape index (κ3) is 1.94. The molecule has 134 valence electrons. The number of amides is 2. The van der Waals surface area contributed by atoms with Gasteiger partial charge in [0.2, 0.25) is 11.8 Å². The minimum atomic E-state index is -0.253. The summed E-state index contributed by atoms with van der Waals surface area (Å²) in [4.78, 5) is 39.7. The molecule has 6 rings (SSSR count). The van der Waals surface area contributed by atoms with E-state index in [-0.39, 0.29) is 41.3 Å². The van der Waals surface area contributed by atoms with E-state index in [9.17, 15) is 14.4 Å². The molecule has 1 aromatic rings. The molecular weight excluding hydrogens is 330 g/mol. The van der Waals surface area contributed by atoms with Gasteiger partial charge in [-0.3, -0.25) is 14.4 Å². The van der Waals surface area contributed by atoms with Crippen molar-refractivity contribution in [1.82, 2.24) is 0 Å². The average Bonchev–Trinajstić information content (AvgIpc) is 3.40. The Balaban J connectivity index is 1.59. The molecule has 0 spiro atoms. The predicted molar refractivity (Wildman–Crippen MR) is 94.8 cm³/mol. The van der Waals surface area contributed by atoms with Crippen molar-refractivity contribution in [3.8, 4) is 5.75 Å². The Morgan fingerprint density at radius 3 is 2.27 bits per heavy atom. The third-order valence-corrected chi connectivity index (χ3v) is 6.57. The lowest BCUT2D eigenvalue weighted by molar-refractivity contribution is -0.124. The minimum absolute atomic E-state index is 0.103. The number of imide groups is 1. The maximum Gasteiger partial charge on any atom is 0.238 e. The largest absolute Gasteiger partial charge is 0.492 e. The van der Waals surface area contributed by atoms with Crippen LogP contribution in [0.25, 0.3) is 0 Å². The zero-order valence-electron chi connectivity index (χ0n) is 14.8. The van der Waals surface area contributed by atoms with Crippen LogP contribution in [0.15, 0.2) is 30.4 Å². The van der Waals surface area contributed by atoms with Crippen molar-refractivity contribution in [1.29, 1.82) is 0 Å². The lowest BCUT2D eigenvalue weighted by atomic mass is 9.63. The van der Waals surface area contributed by atoms with Gasteiger partial charge in [-0.05, 0) is 62.1 Å². The summed E-state index contributed by atoms with van der Waals surface area (Å²) in [5.41, 5.74) is 0.889. The van der Waals surface area contributed by atoms with Gasteiger partial charge in [0.05, 0.1) is 24.1 Å². The van der Waals surface area contributed by atoms with Crippen molar-refractivity contribution in [2.24, 2.45) is 35.5 Å². The van der Waals surface area contributed by atoms with E-state index in [1.54, 1.807) is 18.2 Å². The molecule has 2 amide bonds. The highest BCUT2D eigenvalue weighted by Gasteiger charge is 2.67. The average molecular weight is 351 g/mol. The molecule has 3 fully saturated rings. The van der Waals surface area contributed by atoms with Gasteiger partial charge in [0, 0.05) is 5.56 Å². The van der Waals surface area contributed by atoms with E-state index in [0.29, 0.717) is 35.4 Å². The molecule has 5 aliphatic rings. The topological polar surface area (TPSA) is 63.7 Å². The second-order valence-electron chi connectivity index (χ2n) is 7.84. The summed E-state index contributed by atoms with van der Waals surface area (Å²) in [6, 6.07) is 4.98. The van der Waals surface area contributed by atoms with Crippen LogP contribution in [0.2, 0.25) is 0 Å². The molecule has 0 radical (unpaired) electrons. The van der Waals surface area contributed by atoms with Crippen LogP contribution in [0.1, 0.15) is 30.6 Å². The Kier molecular flexibility index (Phi) is 3.21. The summed E-state index contributed by atoms with van der Waals surface area (Å²) < 4.78 is 5.66. The fourth-order valence-corrected chi connectivity index (χ4v) is 5.38. The molecule has 26 heavy (non-hydrogen) atoms. The zero-order valence-corrected chi connectivity index (χ0v) is 14.8. The molecule has 5 nitrogen and oxygen atoms in total. The van der Waals surface area contributed by atoms with Crippen molar-refractivity contribution in [3.63, 3.8) is 0 Å². The molecule has 0 N–H and O–H groups in total. The third-order valence-electron chi connectivity index (χ3n) is 6.57. The van der Waals surface area contributed by atoms with E-state index >= 15 is 0 Å². The van der Waals surface area contributed by atoms with Crippen LogP contribution in [0.4, 0.5) is 5.69 Å². The van der Waals surface area contributed by atoms with Crippen LogP contribution < -0.4 is 9.64 Å². The number of carbonyl (C=O) groups is 3. The lowest BCUT2D eigenvalue weighted by Crippen LogP contribution is -2.40. The summed E-state index contributed by atoms with van der Waals surface area (Å²) in [5.74, 6) is 1.10. The number of Topliss-reactive ketones (excluding diaryl/α,β-unsaturated/α-hetero) is 1. The van der Waals surface area contributed by atoms with Gasteiger partial charge < -0.3 is 4.74 Å².